The molecule has 25 heavy (non-hydrogen) atoms. The Bertz CT molecular complexity index is 727. The summed E-state index contributed by atoms with van der Waals surface area (Å²) < 4.78 is 0. The van der Waals surface area contributed by atoms with Crippen LogP contribution in [0.3, 0.4) is 0 Å². The Balaban J connectivity index is 1.54. The maximum Gasteiger partial charge on any atom is 0.490 e. The smallest absolute Gasteiger partial charge is 0.423 e. The molecule has 1 aliphatic rings. The van der Waals surface area contributed by atoms with Crippen molar-refractivity contribution in [1.82, 2.24) is 9.88 Å². The van der Waals surface area contributed by atoms with Gasteiger partial charge in [0, 0.05) is 43.9 Å². The molecule has 0 atom stereocenters. The number of anilines is 1. The SMILES string of the molecule is O=C(C=Cc1ccccc1)N1CCN(c2ccc(B(O)O)cn2)CC1. The largest absolute Gasteiger partial charge is 0.490 e. The first-order valence-electron chi connectivity index (χ1n) is 8.22. The first-order chi connectivity index (χ1) is 12.1. The number of carbonyl (C=O) groups is 1. The van der Waals surface area contributed by atoms with Crippen molar-refractivity contribution >= 4 is 30.4 Å². The van der Waals surface area contributed by atoms with Crippen LogP contribution in [-0.2, 0) is 4.79 Å². The van der Waals surface area contributed by atoms with E-state index in [0.717, 1.165) is 11.4 Å². The number of rotatable bonds is 4. The van der Waals surface area contributed by atoms with Gasteiger partial charge in [-0.3, -0.25) is 4.79 Å². The summed E-state index contributed by atoms with van der Waals surface area (Å²) >= 11 is 0. The molecule has 1 aromatic heterocycles. The van der Waals surface area contributed by atoms with Crippen molar-refractivity contribution in [2.45, 2.75) is 0 Å². The van der Waals surface area contributed by atoms with Crippen LogP contribution >= 0.6 is 0 Å². The molecule has 2 heterocycles. The number of piperazine rings is 1. The van der Waals surface area contributed by atoms with Gasteiger partial charge in [0.25, 0.3) is 0 Å². The van der Waals surface area contributed by atoms with Gasteiger partial charge < -0.3 is 19.8 Å². The molecule has 0 spiro atoms. The van der Waals surface area contributed by atoms with Crippen LogP contribution in [0.25, 0.3) is 6.08 Å². The van der Waals surface area contributed by atoms with Gasteiger partial charge in [-0.25, -0.2) is 4.98 Å². The number of aromatic nitrogens is 1. The molecule has 0 radical (unpaired) electrons. The lowest BCUT2D eigenvalue weighted by atomic mass is 9.82. The van der Waals surface area contributed by atoms with Crippen LogP contribution in [0.15, 0.2) is 54.7 Å². The Hall–Kier alpha value is -2.64. The third-order valence-electron chi connectivity index (χ3n) is 4.20. The summed E-state index contributed by atoms with van der Waals surface area (Å²) in [6.45, 7) is 2.64. The second-order valence-corrected chi connectivity index (χ2v) is 5.88. The van der Waals surface area contributed by atoms with Gasteiger partial charge in [-0.2, -0.15) is 0 Å². The highest BCUT2D eigenvalue weighted by molar-refractivity contribution is 6.58. The van der Waals surface area contributed by atoms with Crippen molar-refractivity contribution in [2.75, 3.05) is 31.1 Å². The number of carbonyl (C=O) groups excluding carboxylic acids is 1. The van der Waals surface area contributed by atoms with E-state index in [1.807, 2.05) is 41.3 Å². The van der Waals surface area contributed by atoms with Gasteiger partial charge in [0.05, 0.1) is 0 Å². The fourth-order valence-electron chi connectivity index (χ4n) is 2.73. The highest BCUT2D eigenvalue weighted by Crippen LogP contribution is 2.13. The van der Waals surface area contributed by atoms with Crippen LogP contribution in [0, 0.1) is 0 Å². The van der Waals surface area contributed by atoms with Gasteiger partial charge in [-0.05, 0) is 17.7 Å². The third-order valence-corrected chi connectivity index (χ3v) is 4.20. The Morgan fingerprint density at radius 1 is 1.04 bits per heavy atom. The average molecular weight is 337 g/mol. The van der Waals surface area contributed by atoms with Crippen LogP contribution in [0.1, 0.15) is 5.56 Å². The molecular weight excluding hydrogens is 317 g/mol. The highest BCUT2D eigenvalue weighted by Gasteiger charge is 2.21. The molecule has 0 saturated carbocycles. The minimum Gasteiger partial charge on any atom is -0.423 e. The molecule has 1 aliphatic heterocycles. The lowest BCUT2D eigenvalue weighted by molar-refractivity contribution is -0.126. The number of benzene rings is 1. The Morgan fingerprint density at radius 3 is 2.36 bits per heavy atom. The first kappa shape index (κ1) is 17.2. The Labute approximate surface area is 147 Å². The molecular formula is C18H20BN3O3. The van der Waals surface area contributed by atoms with Crippen molar-refractivity contribution in [1.29, 1.82) is 0 Å². The molecule has 6 nitrogen and oxygen atoms in total. The fraction of sp³-hybridized carbons (Fsp3) is 0.222. The van der Waals surface area contributed by atoms with Crippen LogP contribution in [0.2, 0.25) is 0 Å². The number of hydrogen-bond donors (Lipinski definition) is 2. The van der Waals surface area contributed by atoms with E-state index in [-0.39, 0.29) is 5.91 Å². The normalized spacial score (nSPS) is 14.8. The van der Waals surface area contributed by atoms with Gasteiger partial charge in [0.15, 0.2) is 0 Å². The quantitative estimate of drug-likeness (QED) is 0.612. The minimum atomic E-state index is -1.51. The van der Waals surface area contributed by atoms with Crippen molar-refractivity contribution in [3.63, 3.8) is 0 Å². The van der Waals surface area contributed by atoms with Gasteiger partial charge in [0.2, 0.25) is 5.91 Å². The molecule has 3 rings (SSSR count). The van der Waals surface area contributed by atoms with E-state index in [1.54, 1.807) is 18.2 Å². The summed E-state index contributed by atoms with van der Waals surface area (Å²) in [5.74, 6) is 0.784. The molecule has 1 aromatic carbocycles. The molecule has 1 fully saturated rings. The molecule has 1 amide bonds. The zero-order valence-corrected chi connectivity index (χ0v) is 13.8. The molecule has 7 heteroatoms. The van der Waals surface area contributed by atoms with Crippen molar-refractivity contribution < 1.29 is 14.8 Å². The zero-order chi connectivity index (χ0) is 17.6. The van der Waals surface area contributed by atoms with Crippen LogP contribution in [-0.4, -0.2) is 59.1 Å². The molecule has 1 saturated heterocycles. The van der Waals surface area contributed by atoms with Crippen LogP contribution < -0.4 is 10.4 Å². The van der Waals surface area contributed by atoms with Crippen LogP contribution in [0.5, 0.6) is 0 Å². The summed E-state index contributed by atoms with van der Waals surface area (Å²) in [5, 5.41) is 18.2. The number of amides is 1. The highest BCUT2D eigenvalue weighted by atomic mass is 16.4. The van der Waals surface area contributed by atoms with Gasteiger partial charge in [0.1, 0.15) is 5.82 Å². The molecule has 0 aliphatic carbocycles. The lowest BCUT2D eigenvalue weighted by Gasteiger charge is -2.35. The number of nitrogens with zero attached hydrogens (tertiary/aromatic N) is 3. The Kier molecular flexibility index (Phi) is 5.48. The summed E-state index contributed by atoms with van der Waals surface area (Å²) in [7, 11) is -1.51. The van der Waals surface area contributed by atoms with E-state index in [1.165, 1.54) is 6.20 Å². The Morgan fingerprint density at radius 2 is 1.76 bits per heavy atom. The first-order valence-corrected chi connectivity index (χ1v) is 8.22. The van der Waals surface area contributed by atoms with E-state index >= 15 is 0 Å². The van der Waals surface area contributed by atoms with Crippen molar-refractivity contribution in [2.24, 2.45) is 0 Å². The summed E-state index contributed by atoms with van der Waals surface area (Å²) in [5.41, 5.74) is 1.37. The van der Waals surface area contributed by atoms with E-state index in [4.69, 9.17) is 10.0 Å². The predicted molar refractivity (Wildman–Crippen MR) is 98.3 cm³/mol. The van der Waals surface area contributed by atoms with Crippen molar-refractivity contribution in [3.05, 3.63) is 60.3 Å². The fourth-order valence-corrected chi connectivity index (χ4v) is 2.73. The summed E-state index contributed by atoms with van der Waals surface area (Å²) in [4.78, 5) is 20.4. The monoisotopic (exact) mass is 337 g/mol. The minimum absolute atomic E-state index is 0.00946. The standard InChI is InChI=1S/C18H20BN3O3/c23-18(9-6-15-4-2-1-3-5-15)22-12-10-21(11-13-22)17-8-7-16(14-20-17)19(24)25/h1-9,14,24-25H,10-13H2. The third kappa shape index (κ3) is 4.46. The number of hydrogen-bond acceptors (Lipinski definition) is 5. The number of pyridine rings is 1. The maximum absolute atomic E-state index is 12.3. The summed E-state index contributed by atoms with van der Waals surface area (Å²) in [6, 6.07) is 13.2. The predicted octanol–water partition coefficient (Wildman–Crippen LogP) is 0.123. The maximum atomic E-state index is 12.3. The van der Waals surface area contributed by atoms with Gasteiger partial charge >= 0.3 is 7.12 Å². The molecule has 128 valence electrons. The zero-order valence-electron chi connectivity index (χ0n) is 13.8. The van der Waals surface area contributed by atoms with Crippen molar-refractivity contribution in [3.8, 4) is 0 Å². The summed E-state index contributed by atoms with van der Waals surface area (Å²) in [6.07, 6.45) is 4.90. The van der Waals surface area contributed by atoms with Crippen LogP contribution in [0.4, 0.5) is 5.82 Å². The molecule has 2 N–H and O–H groups in total. The second kappa shape index (κ2) is 7.96. The second-order valence-electron chi connectivity index (χ2n) is 5.88. The molecule has 0 unspecified atom stereocenters. The lowest BCUT2D eigenvalue weighted by Crippen LogP contribution is -2.48. The van der Waals surface area contributed by atoms with E-state index in [2.05, 4.69) is 9.88 Å². The van der Waals surface area contributed by atoms with Gasteiger partial charge in [-0.1, -0.05) is 36.4 Å². The van der Waals surface area contributed by atoms with Gasteiger partial charge in [-0.15, -0.1) is 0 Å². The van der Waals surface area contributed by atoms with E-state index < -0.39 is 7.12 Å². The van der Waals surface area contributed by atoms with E-state index in [0.29, 0.717) is 31.6 Å². The molecule has 2 aromatic rings. The topological polar surface area (TPSA) is 76.9 Å². The average Bonchev–Trinajstić information content (AvgIpc) is 2.67. The van der Waals surface area contributed by atoms with E-state index in [9.17, 15) is 4.79 Å². The molecule has 0 bridgehead atoms.